The molecule has 14 N–H and O–H groups in total. The van der Waals surface area contributed by atoms with Crippen molar-refractivity contribution < 1.29 is 118 Å². The van der Waals surface area contributed by atoms with E-state index in [-0.39, 0.29) is 79.3 Å². The van der Waals surface area contributed by atoms with E-state index in [1.165, 1.54) is 0 Å². The van der Waals surface area contributed by atoms with E-state index in [1.807, 2.05) is 152 Å². The number of aromatic nitrogens is 4. The maximum absolute atomic E-state index is 10.3. The van der Waals surface area contributed by atoms with E-state index in [0.717, 1.165) is 66.6 Å². The van der Waals surface area contributed by atoms with Crippen LogP contribution < -0.4 is 14.2 Å². The molecule has 12 rings (SSSR count). The van der Waals surface area contributed by atoms with Crippen molar-refractivity contribution in [2.75, 3.05) is 99.1 Å². The predicted molar refractivity (Wildman–Crippen MR) is 369 cm³/mol. The highest BCUT2D eigenvalue weighted by molar-refractivity contribution is 6.00. The number of aromatic amines is 2. The van der Waals surface area contributed by atoms with Crippen molar-refractivity contribution in [1.82, 2.24) is 19.9 Å². The third-order valence-corrected chi connectivity index (χ3v) is 17.8. The molecule has 4 aromatic carbocycles. The summed E-state index contributed by atoms with van der Waals surface area (Å²) < 4.78 is 68.4. The number of rotatable bonds is 31. The minimum atomic E-state index is -1.56. The number of hydrogen-bond donors (Lipinski definition) is 14. The third-order valence-electron chi connectivity index (χ3n) is 17.8. The quantitative estimate of drug-likeness (QED) is 0.0278. The molecule has 0 amide bonds. The number of benzene rings is 4. The number of nitrogens with one attached hydrogen (secondary N) is 2. The standard InChI is InChI=1S/C74H84N4O24/c79-38-56-63(82)66(85)69(88)72(100-56)97-35-29-91-26-32-94-45-12-6-42(7-13-45)60-50-20-18-48(75-50)59(41-4-2-1-3-5-41)49-19-21-51(76-49)61(43-8-14-46(15-9-43)95-33-27-92-30-36-98-73-70(89)67(86)64(83)57(39-80)101-73)53-23-25-55(78-53)62(54-24-22-52(60)77-54)44-10-16-47(17-11-44)96-34-28-93-31-37-99-74-71(90)68(87)65(84)58(40-81)102-74/h1-25,56-58,63-75,77,79-90H,26-40H2/t56-,57-,58-,63-,64-,65-,66+,67+,68+,69+,70+,71+,72+,73+,74+/m1/s1. The molecule has 3 aromatic heterocycles. The number of hydrogen-bond acceptors (Lipinski definition) is 26. The average molecular weight is 1410 g/mol. The summed E-state index contributed by atoms with van der Waals surface area (Å²) in [4.78, 5) is 18.4. The highest BCUT2D eigenvalue weighted by Gasteiger charge is 2.46. The molecule has 102 heavy (non-hydrogen) atoms. The fourth-order valence-electron chi connectivity index (χ4n) is 12.4. The fraction of sp³-hybridized carbons (Fsp3) is 0.405. The zero-order valence-corrected chi connectivity index (χ0v) is 55.4. The number of ether oxygens (including phenoxy) is 12. The van der Waals surface area contributed by atoms with Crippen LogP contribution in [0.1, 0.15) is 22.8 Å². The SMILES string of the molecule is OC[C@H]1O[C@H](OCCOCCOc2ccc(-c3c4nc(c(-c5ccccc5)c5ccc([nH]5)c(-c5ccc(OCCOCCO[C@H]6O[C@H](CO)[C@@H](O)[C@H](O)[C@@H]6O)cc5)c5ccc([nH]5)c(-c5ccc(OCCOCCO[C@H]6O[C@H](CO)[C@@H](O)[C@H](O)[C@@H]6O)cc5)c5nc3C=C5)C=C4)cc2)[C@@H](O)[C@@H](O)[C@@H]1O. The first kappa shape index (κ1) is 73.8. The number of H-pyrrole nitrogens is 2. The molecule has 7 aromatic rings. The van der Waals surface area contributed by atoms with Gasteiger partial charge in [0.1, 0.15) is 110 Å². The van der Waals surface area contributed by atoms with Gasteiger partial charge in [0.05, 0.1) is 102 Å². The fourth-order valence-corrected chi connectivity index (χ4v) is 12.4. The Balaban J connectivity index is 0.817. The van der Waals surface area contributed by atoms with Crippen molar-refractivity contribution in [2.45, 2.75) is 92.1 Å². The Morgan fingerprint density at radius 2 is 0.578 bits per heavy atom. The van der Waals surface area contributed by atoms with Gasteiger partial charge in [-0.15, -0.1) is 0 Å². The molecule has 0 unspecified atom stereocenters. The Bertz CT molecular complexity index is 4080. The van der Waals surface area contributed by atoms with Crippen LogP contribution in [0.25, 0.3) is 90.9 Å². The lowest BCUT2D eigenvalue weighted by molar-refractivity contribution is -0.302. The summed E-state index contributed by atoms with van der Waals surface area (Å²) in [7, 11) is 0. The van der Waals surface area contributed by atoms with Crippen molar-refractivity contribution in [3.63, 3.8) is 0 Å². The largest absolute Gasteiger partial charge is 0.491 e. The summed E-state index contributed by atoms with van der Waals surface area (Å²) >= 11 is 0. The second-order valence-corrected chi connectivity index (χ2v) is 24.5. The van der Waals surface area contributed by atoms with Gasteiger partial charge >= 0.3 is 0 Å². The van der Waals surface area contributed by atoms with Gasteiger partial charge in [-0.3, -0.25) is 0 Å². The molecule has 0 aliphatic carbocycles. The smallest absolute Gasteiger partial charge is 0.186 e. The van der Waals surface area contributed by atoms with Gasteiger partial charge in [-0.1, -0.05) is 66.7 Å². The molecule has 8 bridgehead atoms. The van der Waals surface area contributed by atoms with Crippen molar-refractivity contribution >= 4 is 46.4 Å². The Morgan fingerprint density at radius 1 is 0.294 bits per heavy atom. The second-order valence-electron chi connectivity index (χ2n) is 24.5. The average Bonchev–Trinajstić information content (AvgIpc) is 1.61. The summed E-state index contributed by atoms with van der Waals surface area (Å²) in [5.74, 6) is 1.72. The van der Waals surface area contributed by atoms with Gasteiger partial charge in [0.15, 0.2) is 18.9 Å². The first-order valence-corrected chi connectivity index (χ1v) is 33.6. The maximum atomic E-state index is 10.3. The van der Waals surface area contributed by atoms with Crippen LogP contribution in [0.2, 0.25) is 0 Å². The van der Waals surface area contributed by atoms with Gasteiger partial charge in [0.2, 0.25) is 0 Å². The zero-order valence-electron chi connectivity index (χ0n) is 55.4. The topological polar surface area (TPSA) is 411 Å². The Hall–Kier alpha value is -7.96. The predicted octanol–water partition coefficient (Wildman–Crippen LogP) is 2.96. The van der Waals surface area contributed by atoms with E-state index in [2.05, 4.69) is 9.97 Å². The molecular weight excluding hydrogens is 1330 g/mol. The normalized spacial score (nSPS) is 25.6. The van der Waals surface area contributed by atoms with Crippen LogP contribution in [0.5, 0.6) is 17.2 Å². The van der Waals surface area contributed by atoms with E-state index < -0.39 is 112 Å². The van der Waals surface area contributed by atoms with Crippen molar-refractivity contribution in [2.24, 2.45) is 0 Å². The molecule has 0 spiro atoms. The minimum Gasteiger partial charge on any atom is -0.491 e. The van der Waals surface area contributed by atoms with Crippen LogP contribution in [0.3, 0.4) is 0 Å². The summed E-state index contributed by atoms with van der Waals surface area (Å²) in [6.45, 7) is -0.327. The Labute approximate surface area is 585 Å². The lowest BCUT2D eigenvalue weighted by atomic mass is 9.99. The molecular formula is C74H84N4O24. The summed E-state index contributed by atoms with van der Waals surface area (Å²) in [6.07, 6.45) is -12.9. The van der Waals surface area contributed by atoms with Crippen LogP contribution in [-0.2, 0) is 42.6 Å². The van der Waals surface area contributed by atoms with E-state index >= 15 is 0 Å². The van der Waals surface area contributed by atoms with Crippen LogP contribution in [0, 0.1) is 0 Å². The Morgan fingerprint density at radius 3 is 0.912 bits per heavy atom. The van der Waals surface area contributed by atoms with E-state index in [1.54, 1.807) is 0 Å². The summed E-state index contributed by atoms with van der Waals surface area (Å²) in [5.41, 5.74) is 12.4. The molecule has 0 radical (unpaired) electrons. The summed E-state index contributed by atoms with van der Waals surface area (Å²) in [5, 5.41) is 120. The molecule has 15 atom stereocenters. The van der Waals surface area contributed by atoms with Crippen molar-refractivity contribution in [1.29, 1.82) is 0 Å². The molecule has 3 saturated heterocycles. The number of aliphatic hydroxyl groups excluding tert-OH is 12. The van der Waals surface area contributed by atoms with Gasteiger partial charge in [-0.25, -0.2) is 9.97 Å². The lowest BCUT2D eigenvalue weighted by Crippen LogP contribution is -2.59. The van der Waals surface area contributed by atoms with Crippen LogP contribution in [0.15, 0.2) is 127 Å². The van der Waals surface area contributed by atoms with E-state index in [4.69, 9.17) is 66.8 Å². The van der Waals surface area contributed by atoms with Gasteiger partial charge in [-0.05, 0) is 107 Å². The molecule has 0 saturated carbocycles. The van der Waals surface area contributed by atoms with Crippen LogP contribution >= 0.6 is 0 Å². The lowest BCUT2D eigenvalue weighted by Gasteiger charge is -2.39. The summed E-state index contributed by atoms with van der Waals surface area (Å²) in [6, 6.07) is 41.2. The third kappa shape index (κ3) is 17.3. The van der Waals surface area contributed by atoms with E-state index in [0.29, 0.717) is 40.0 Å². The second kappa shape index (κ2) is 35.0. The molecule has 8 heterocycles. The number of aliphatic hydroxyl groups is 12. The Kier molecular flexibility index (Phi) is 25.3. The molecule has 3 fully saturated rings. The maximum Gasteiger partial charge on any atom is 0.186 e. The first-order chi connectivity index (χ1) is 49.7. The minimum absolute atomic E-state index is 0.00631. The number of nitrogens with zero attached hydrogens (tertiary/aromatic N) is 2. The molecule has 544 valence electrons. The van der Waals surface area contributed by atoms with Crippen molar-refractivity contribution in [3.8, 4) is 61.8 Å². The van der Waals surface area contributed by atoms with Crippen LogP contribution in [0.4, 0.5) is 0 Å². The van der Waals surface area contributed by atoms with Crippen molar-refractivity contribution in [3.05, 3.63) is 150 Å². The highest BCUT2D eigenvalue weighted by atomic mass is 16.7. The van der Waals surface area contributed by atoms with Crippen LogP contribution in [-0.4, -0.2) is 272 Å². The first-order valence-electron chi connectivity index (χ1n) is 33.6. The molecule has 28 nitrogen and oxygen atoms in total. The van der Waals surface area contributed by atoms with Gasteiger partial charge in [0, 0.05) is 44.3 Å². The molecule has 28 heteroatoms. The molecule has 5 aliphatic heterocycles. The number of fused-ring (bicyclic) bond motifs is 8. The zero-order chi connectivity index (χ0) is 71.2. The van der Waals surface area contributed by atoms with Gasteiger partial charge < -0.3 is 128 Å². The molecule has 5 aliphatic rings. The van der Waals surface area contributed by atoms with E-state index in [9.17, 15) is 61.3 Å². The highest BCUT2D eigenvalue weighted by Crippen LogP contribution is 2.40. The van der Waals surface area contributed by atoms with Gasteiger partial charge in [-0.2, -0.15) is 0 Å². The van der Waals surface area contributed by atoms with Gasteiger partial charge in [0.25, 0.3) is 0 Å². The monoisotopic (exact) mass is 1410 g/mol.